The summed E-state index contributed by atoms with van der Waals surface area (Å²) in [6.07, 6.45) is 57.5. The monoisotopic (exact) mass is 859 g/mol. The summed E-state index contributed by atoms with van der Waals surface area (Å²) in [6, 6.07) is 0. The lowest BCUT2D eigenvalue weighted by molar-refractivity contribution is -0.167. The minimum absolute atomic E-state index is 0.0763. The maximum Gasteiger partial charge on any atom is 0.306 e. The second-order valence-corrected chi connectivity index (χ2v) is 18.1. The van der Waals surface area contributed by atoms with Gasteiger partial charge < -0.3 is 14.2 Å². The van der Waals surface area contributed by atoms with Crippen LogP contribution in [-0.4, -0.2) is 37.2 Å². The third-order valence-electron chi connectivity index (χ3n) is 12.0. The summed E-state index contributed by atoms with van der Waals surface area (Å²) in [5, 5.41) is 0. The van der Waals surface area contributed by atoms with Crippen LogP contribution in [0.2, 0.25) is 0 Å². The molecular formula is C55H102O6. The summed E-state index contributed by atoms with van der Waals surface area (Å²) in [4.78, 5) is 37.9. The lowest BCUT2D eigenvalue weighted by atomic mass is 10.0. The Kier molecular flexibility index (Phi) is 48.8. The first-order valence-corrected chi connectivity index (χ1v) is 26.8. The molecule has 0 radical (unpaired) electrons. The first-order chi connectivity index (χ1) is 30.0. The molecule has 358 valence electrons. The molecule has 0 saturated carbocycles. The van der Waals surface area contributed by atoms with Crippen LogP contribution in [0, 0.1) is 0 Å². The molecule has 0 aliphatic rings. The molecule has 0 N–H and O–H groups in total. The van der Waals surface area contributed by atoms with E-state index < -0.39 is 6.10 Å². The number of hydrogen-bond donors (Lipinski definition) is 0. The lowest BCUT2D eigenvalue weighted by Crippen LogP contribution is -2.30. The van der Waals surface area contributed by atoms with Gasteiger partial charge in [0.1, 0.15) is 13.2 Å². The molecule has 1 unspecified atom stereocenters. The highest BCUT2D eigenvalue weighted by Gasteiger charge is 2.19. The Morgan fingerprint density at radius 2 is 0.639 bits per heavy atom. The molecule has 0 aromatic carbocycles. The molecule has 0 aliphatic carbocycles. The fourth-order valence-electron chi connectivity index (χ4n) is 7.95. The molecule has 0 amide bonds. The van der Waals surface area contributed by atoms with Crippen LogP contribution in [-0.2, 0) is 28.6 Å². The van der Waals surface area contributed by atoms with E-state index in [4.69, 9.17) is 14.2 Å². The van der Waals surface area contributed by atoms with Crippen LogP contribution in [0.5, 0.6) is 0 Å². The van der Waals surface area contributed by atoms with Crippen LogP contribution < -0.4 is 0 Å². The van der Waals surface area contributed by atoms with Crippen molar-refractivity contribution in [1.29, 1.82) is 0 Å². The quantitative estimate of drug-likeness (QED) is 0.0262. The molecular weight excluding hydrogens is 757 g/mol. The van der Waals surface area contributed by atoms with Gasteiger partial charge in [0.25, 0.3) is 0 Å². The number of allylic oxidation sites excluding steroid dienone is 4. The van der Waals surface area contributed by atoms with Gasteiger partial charge in [-0.3, -0.25) is 14.4 Å². The number of ether oxygens (including phenoxy) is 3. The molecule has 0 spiro atoms. The Bertz CT molecular complexity index is 989. The van der Waals surface area contributed by atoms with Gasteiger partial charge in [0.2, 0.25) is 0 Å². The molecule has 0 aliphatic heterocycles. The van der Waals surface area contributed by atoms with E-state index in [0.717, 1.165) is 70.6 Å². The lowest BCUT2D eigenvalue weighted by Gasteiger charge is -2.18. The minimum atomic E-state index is -0.777. The van der Waals surface area contributed by atoms with Gasteiger partial charge in [0, 0.05) is 19.3 Å². The van der Waals surface area contributed by atoms with Crippen LogP contribution in [0.15, 0.2) is 24.3 Å². The summed E-state index contributed by atoms with van der Waals surface area (Å²) in [5.74, 6) is -0.898. The predicted molar refractivity (Wildman–Crippen MR) is 261 cm³/mol. The number of carbonyl (C=O) groups is 3. The van der Waals surface area contributed by atoms with Gasteiger partial charge in [-0.05, 0) is 44.9 Å². The first-order valence-electron chi connectivity index (χ1n) is 26.8. The topological polar surface area (TPSA) is 78.9 Å². The second-order valence-electron chi connectivity index (χ2n) is 18.1. The largest absolute Gasteiger partial charge is 0.462 e. The normalized spacial score (nSPS) is 12.1. The van der Waals surface area contributed by atoms with Crippen molar-refractivity contribution in [2.75, 3.05) is 13.2 Å². The summed E-state index contributed by atoms with van der Waals surface area (Å²) >= 11 is 0. The summed E-state index contributed by atoms with van der Waals surface area (Å²) < 4.78 is 16.8. The Hall–Kier alpha value is -2.11. The third kappa shape index (κ3) is 48.8. The van der Waals surface area contributed by atoms with Crippen molar-refractivity contribution in [1.82, 2.24) is 0 Å². The van der Waals surface area contributed by atoms with Gasteiger partial charge in [-0.15, -0.1) is 0 Å². The van der Waals surface area contributed by atoms with Crippen molar-refractivity contribution in [3.8, 4) is 0 Å². The van der Waals surface area contributed by atoms with Crippen LogP contribution in [0.1, 0.15) is 290 Å². The van der Waals surface area contributed by atoms with Crippen molar-refractivity contribution in [2.24, 2.45) is 0 Å². The second kappa shape index (κ2) is 50.5. The number of carbonyl (C=O) groups excluding carboxylic acids is 3. The highest BCUT2D eigenvalue weighted by molar-refractivity contribution is 5.71. The fraction of sp³-hybridized carbons (Fsp3) is 0.873. The van der Waals surface area contributed by atoms with Crippen LogP contribution in [0.25, 0.3) is 0 Å². The molecule has 0 aromatic heterocycles. The predicted octanol–water partition coefficient (Wildman–Crippen LogP) is 17.5. The van der Waals surface area contributed by atoms with Crippen molar-refractivity contribution >= 4 is 17.9 Å². The number of unbranched alkanes of at least 4 members (excludes halogenated alkanes) is 34. The molecule has 0 fully saturated rings. The Labute approximate surface area is 379 Å². The van der Waals surface area contributed by atoms with Crippen molar-refractivity contribution < 1.29 is 28.6 Å². The van der Waals surface area contributed by atoms with E-state index in [1.165, 1.54) is 180 Å². The van der Waals surface area contributed by atoms with Crippen LogP contribution in [0.3, 0.4) is 0 Å². The maximum absolute atomic E-state index is 12.8. The summed E-state index contributed by atoms with van der Waals surface area (Å²) in [6.45, 7) is 6.53. The molecule has 61 heavy (non-hydrogen) atoms. The van der Waals surface area contributed by atoms with Gasteiger partial charge in [-0.1, -0.05) is 251 Å². The Morgan fingerprint density at radius 1 is 0.344 bits per heavy atom. The van der Waals surface area contributed by atoms with Crippen molar-refractivity contribution in [2.45, 2.75) is 297 Å². The van der Waals surface area contributed by atoms with Crippen LogP contribution >= 0.6 is 0 Å². The highest BCUT2D eigenvalue weighted by atomic mass is 16.6. The number of hydrogen-bond acceptors (Lipinski definition) is 6. The summed E-state index contributed by atoms with van der Waals surface area (Å²) in [5.41, 5.74) is 0. The fourth-order valence-corrected chi connectivity index (χ4v) is 7.95. The first kappa shape index (κ1) is 58.9. The molecule has 0 heterocycles. The zero-order chi connectivity index (χ0) is 44.4. The van der Waals surface area contributed by atoms with E-state index in [-0.39, 0.29) is 31.1 Å². The van der Waals surface area contributed by atoms with Gasteiger partial charge in [0.15, 0.2) is 6.10 Å². The molecule has 6 heteroatoms. The maximum atomic E-state index is 12.8. The Balaban J connectivity index is 4.25. The number of esters is 3. The third-order valence-corrected chi connectivity index (χ3v) is 12.0. The minimum Gasteiger partial charge on any atom is -0.462 e. The number of rotatable bonds is 49. The van der Waals surface area contributed by atoms with E-state index >= 15 is 0 Å². The van der Waals surface area contributed by atoms with Crippen molar-refractivity contribution in [3.63, 3.8) is 0 Å². The molecule has 6 nitrogen and oxygen atoms in total. The van der Waals surface area contributed by atoms with E-state index in [1.54, 1.807) is 0 Å². The van der Waals surface area contributed by atoms with Gasteiger partial charge in [-0.25, -0.2) is 0 Å². The standard InChI is InChI=1S/C55H102O6/c1-4-7-10-13-16-19-21-23-25-27-28-30-31-33-36-39-42-45-48-54(57)60-51-52(50-59-53(56)47-44-41-38-35-18-15-12-9-6-3)61-55(58)49-46-43-40-37-34-32-29-26-24-22-20-17-14-11-8-5-2/h9,12,18,35,52H,4-8,10-11,13-17,19-34,36-51H2,1-3H3/b12-9-,35-18-. The van der Waals surface area contributed by atoms with E-state index in [2.05, 4.69) is 45.1 Å². The Morgan fingerprint density at radius 3 is 0.984 bits per heavy atom. The van der Waals surface area contributed by atoms with E-state index in [0.29, 0.717) is 19.3 Å². The van der Waals surface area contributed by atoms with Gasteiger partial charge in [0.05, 0.1) is 0 Å². The average Bonchev–Trinajstić information content (AvgIpc) is 3.26. The molecule has 0 saturated heterocycles. The molecule has 0 bridgehead atoms. The zero-order valence-corrected chi connectivity index (χ0v) is 40.9. The summed E-state index contributed by atoms with van der Waals surface area (Å²) in [7, 11) is 0. The smallest absolute Gasteiger partial charge is 0.306 e. The highest BCUT2D eigenvalue weighted by Crippen LogP contribution is 2.17. The van der Waals surface area contributed by atoms with Crippen LogP contribution in [0.4, 0.5) is 0 Å². The average molecular weight is 859 g/mol. The zero-order valence-electron chi connectivity index (χ0n) is 40.9. The molecule has 0 aromatic rings. The molecule has 1 atom stereocenters. The van der Waals surface area contributed by atoms with Gasteiger partial charge in [-0.2, -0.15) is 0 Å². The van der Waals surface area contributed by atoms with Gasteiger partial charge >= 0.3 is 17.9 Å². The van der Waals surface area contributed by atoms with E-state index in [9.17, 15) is 14.4 Å². The molecule has 0 rings (SSSR count). The van der Waals surface area contributed by atoms with Crippen molar-refractivity contribution in [3.05, 3.63) is 24.3 Å². The van der Waals surface area contributed by atoms with E-state index in [1.807, 2.05) is 0 Å². The SMILES string of the molecule is CC/C=C\C/C=C\CCCCC(=O)OCC(COC(=O)CCCCCCCCCCCCCCCCCCCC)OC(=O)CCCCCCCCCCCCCCCCCC.